The van der Waals surface area contributed by atoms with Gasteiger partial charge in [0, 0.05) is 34.2 Å². The van der Waals surface area contributed by atoms with Gasteiger partial charge in [-0.1, -0.05) is 12.1 Å². The first-order valence-corrected chi connectivity index (χ1v) is 8.89. The molecule has 1 amide bonds. The topological polar surface area (TPSA) is 38.3 Å². The van der Waals surface area contributed by atoms with E-state index in [1.54, 1.807) is 24.5 Å². The van der Waals surface area contributed by atoms with Crippen LogP contribution in [0.25, 0.3) is 10.1 Å². The van der Waals surface area contributed by atoms with Crippen LogP contribution < -0.4 is 5.32 Å². The van der Waals surface area contributed by atoms with Crippen molar-refractivity contribution in [1.29, 1.82) is 0 Å². The fourth-order valence-corrected chi connectivity index (χ4v) is 4.31. The van der Waals surface area contributed by atoms with Crippen LogP contribution in [-0.2, 0) is 17.8 Å². The Balaban J connectivity index is 1.81. The highest BCUT2D eigenvalue weighted by Gasteiger charge is 2.20. The van der Waals surface area contributed by atoms with E-state index in [0.717, 1.165) is 11.1 Å². The molecule has 0 spiro atoms. The number of hydrogen-bond donors (Lipinski definition) is 1. The van der Waals surface area contributed by atoms with Gasteiger partial charge in [0.1, 0.15) is 5.82 Å². The number of hydrogen-bond acceptors (Lipinski definition) is 4. The highest BCUT2D eigenvalue weighted by atomic mass is 32.1. The fraction of sp³-hybridized carbons (Fsp3) is 0.235. The number of amides is 1. The van der Waals surface area contributed by atoms with Crippen LogP contribution in [0.3, 0.4) is 0 Å². The van der Waals surface area contributed by atoms with Gasteiger partial charge in [0.05, 0.1) is 11.5 Å². The molecule has 2 aromatic heterocycles. The van der Waals surface area contributed by atoms with Crippen LogP contribution in [0.5, 0.6) is 0 Å². The zero-order valence-electron chi connectivity index (χ0n) is 12.6. The molecule has 6 heteroatoms. The lowest BCUT2D eigenvalue weighted by Gasteiger charge is -2.06. The quantitative estimate of drug-likeness (QED) is 0.723. The molecule has 0 fully saturated rings. The van der Waals surface area contributed by atoms with Crippen molar-refractivity contribution >= 4 is 38.7 Å². The Kier molecular flexibility index (Phi) is 5.05. The van der Waals surface area contributed by atoms with E-state index in [9.17, 15) is 9.18 Å². The molecule has 0 radical (unpaired) electrons. The van der Waals surface area contributed by atoms with Crippen molar-refractivity contribution in [2.45, 2.75) is 13.0 Å². The normalized spacial score (nSPS) is 11.0. The van der Waals surface area contributed by atoms with Gasteiger partial charge in [-0.3, -0.25) is 4.79 Å². The van der Waals surface area contributed by atoms with Crippen molar-refractivity contribution in [2.24, 2.45) is 0 Å². The first kappa shape index (κ1) is 16.1. The first-order valence-electron chi connectivity index (χ1n) is 7.20. The molecule has 0 aliphatic carbocycles. The number of fused-ring (bicyclic) bond motifs is 1. The highest BCUT2D eigenvalue weighted by molar-refractivity contribution is 7.21. The maximum Gasteiger partial charge on any atom is 0.261 e. The maximum absolute atomic E-state index is 14.1. The second-order valence-electron chi connectivity index (χ2n) is 5.04. The molecule has 0 aliphatic rings. The number of benzene rings is 1. The minimum atomic E-state index is -0.316. The van der Waals surface area contributed by atoms with Crippen molar-refractivity contribution in [2.75, 3.05) is 13.7 Å². The van der Waals surface area contributed by atoms with E-state index in [-0.39, 0.29) is 18.3 Å². The summed E-state index contributed by atoms with van der Waals surface area (Å²) in [5, 5.41) is 5.42. The number of halogens is 1. The second-order valence-corrected chi connectivity index (χ2v) is 7.13. The SMILES string of the molecule is COCc1c(C(=O)NCCc2cccs2)sc2cccc(F)c12. The van der Waals surface area contributed by atoms with Gasteiger partial charge < -0.3 is 10.1 Å². The predicted molar refractivity (Wildman–Crippen MR) is 92.9 cm³/mol. The van der Waals surface area contributed by atoms with E-state index < -0.39 is 0 Å². The van der Waals surface area contributed by atoms with Gasteiger partial charge in [-0.25, -0.2) is 4.39 Å². The van der Waals surface area contributed by atoms with Gasteiger partial charge >= 0.3 is 0 Å². The maximum atomic E-state index is 14.1. The van der Waals surface area contributed by atoms with Crippen molar-refractivity contribution in [3.8, 4) is 0 Å². The Labute approximate surface area is 141 Å². The summed E-state index contributed by atoms with van der Waals surface area (Å²) in [4.78, 5) is 14.2. The zero-order valence-corrected chi connectivity index (χ0v) is 14.2. The molecule has 3 nitrogen and oxygen atoms in total. The number of ether oxygens (including phenoxy) is 1. The second kappa shape index (κ2) is 7.21. The number of thiophene rings is 2. The largest absolute Gasteiger partial charge is 0.380 e. The van der Waals surface area contributed by atoms with Crippen molar-refractivity contribution < 1.29 is 13.9 Å². The Morgan fingerprint density at radius 1 is 1.30 bits per heavy atom. The monoisotopic (exact) mass is 349 g/mol. The summed E-state index contributed by atoms with van der Waals surface area (Å²) in [7, 11) is 1.54. The zero-order chi connectivity index (χ0) is 16.2. The summed E-state index contributed by atoms with van der Waals surface area (Å²) in [6.45, 7) is 0.775. The molecule has 23 heavy (non-hydrogen) atoms. The van der Waals surface area contributed by atoms with Crippen LogP contribution in [0, 0.1) is 5.82 Å². The van der Waals surface area contributed by atoms with E-state index in [1.807, 2.05) is 23.6 Å². The van der Waals surface area contributed by atoms with E-state index in [1.165, 1.54) is 22.3 Å². The lowest BCUT2D eigenvalue weighted by molar-refractivity contribution is 0.0954. The summed E-state index contributed by atoms with van der Waals surface area (Å²) in [6.07, 6.45) is 0.794. The number of methoxy groups -OCH3 is 1. The van der Waals surface area contributed by atoms with E-state index in [0.29, 0.717) is 22.4 Å². The molecular weight excluding hydrogens is 333 g/mol. The minimum absolute atomic E-state index is 0.172. The lowest BCUT2D eigenvalue weighted by atomic mass is 10.1. The molecule has 1 N–H and O–H groups in total. The molecule has 2 heterocycles. The molecular formula is C17H16FNO2S2. The molecule has 3 aromatic rings. The molecule has 3 rings (SSSR count). The van der Waals surface area contributed by atoms with Gasteiger partial charge in [-0.05, 0) is 30.0 Å². The highest BCUT2D eigenvalue weighted by Crippen LogP contribution is 2.33. The van der Waals surface area contributed by atoms with Gasteiger partial charge in [-0.2, -0.15) is 0 Å². The summed E-state index contributed by atoms with van der Waals surface area (Å²) in [5.74, 6) is -0.488. The third-order valence-corrected chi connectivity index (χ3v) is 5.63. The van der Waals surface area contributed by atoms with Crippen molar-refractivity contribution in [3.63, 3.8) is 0 Å². The first-order chi connectivity index (χ1) is 11.2. The van der Waals surface area contributed by atoms with Crippen LogP contribution in [-0.4, -0.2) is 19.6 Å². The third-order valence-electron chi connectivity index (χ3n) is 3.50. The third kappa shape index (κ3) is 3.44. The number of carbonyl (C=O) groups is 1. The molecule has 1 aromatic carbocycles. The molecule has 0 bridgehead atoms. The number of nitrogens with one attached hydrogen (secondary N) is 1. The summed E-state index contributed by atoms with van der Waals surface area (Å²) >= 11 is 2.97. The van der Waals surface area contributed by atoms with Crippen molar-refractivity contribution in [3.05, 3.63) is 56.8 Å². The molecule has 0 atom stereocenters. The molecule has 120 valence electrons. The molecule has 0 saturated carbocycles. The van der Waals surface area contributed by atoms with Crippen LogP contribution >= 0.6 is 22.7 Å². The van der Waals surface area contributed by atoms with Gasteiger partial charge in [0.25, 0.3) is 5.91 Å². The minimum Gasteiger partial charge on any atom is -0.380 e. The van der Waals surface area contributed by atoms with Crippen LogP contribution in [0.4, 0.5) is 4.39 Å². The average Bonchev–Trinajstić information content (AvgIpc) is 3.16. The van der Waals surface area contributed by atoms with Crippen LogP contribution in [0.2, 0.25) is 0 Å². The number of carbonyl (C=O) groups excluding carboxylic acids is 1. The fourth-order valence-electron chi connectivity index (χ4n) is 2.47. The average molecular weight is 349 g/mol. The molecule has 0 unspecified atom stereocenters. The Bertz CT molecular complexity index is 811. The van der Waals surface area contributed by atoms with E-state index in [4.69, 9.17) is 4.74 Å². The van der Waals surface area contributed by atoms with Gasteiger partial charge in [-0.15, -0.1) is 22.7 Å². The van der Waals surface area contributed by atoms with Gasteiger partial charge in [0.2, 0.25) is 0 Å². The van der Waals surface area contributed by atoms with E-state index >= 15 is 0 Å². The Morgan fingerprint density at radius 2 is 2.17 bits per heavy atom. The smallest absolute Gasteiger partial charge is 0.261 e. The predicted octanol–water partition coefficient (Wildman–Crippen LogP) is 4.22. The summed E-state index contributed by atoms with van der Waals surface area (Å²) < 4.78 is 20.0. The molecule has 0 saturated heterocycles. The standard InChI is InChI=1S/C17H16FNO2S2/c1-21-10-12-15-13(18)5-2-6-14(15)23-16(12)17(20)19-8-7-11-4-3-9-22-11/h2-6,9H,7-8,10H2,1H3,(H,19,20). The lowest BCUT2D eigenvalue weighted by Crippen LogP contribution is -2.25. The van der Waals surface area contributed by atoms with E-state index in [2.05, 4.69) is 5.32 Å². The summed E-state index contributed by atoms with van der Waals surface area (Å²) in [6, 6.07) is 8.93. The van der Waals surface area contributed by atoms with Crippen molar-refractivity contribution in [1.82, 2.24) is 5.32 Å². The van der Waals surface area contributed by atoms with Gasteiger partial charge in [0.15, 0.2) is 0 Å². The Hall–Kier alpha value is -1.76. The van der Waals surface area contributed by atoms with Crippen LogP contribution in [0.1, 0.15) is 20.1 Å². The molecule has 0 aliphatic heterocycles. The summed E-state index contributed by atoms with van der Waals surface area (Å²) in [5.41, 5.74) is 0.624. The number of rotatable bonds is 6. The Morgan fingerprint density at radius 3 is 2.91 bits per heavy atom. The van der Waals surface area contributed by atoms with Crippen LogP contribution in [0.15, 0.2) is 35.7 Å².